The lowest BCUT2D eigenvalue weighted by Gasteiger charge is -2.29. The van der Waals surface area contributed by atoms with Crippen LogP contribution in [0.25, 0.3) is 0 Å². The molecule has 1 unspecified atom stereocenters. The van der Waals surface area contributed by atoms with Crippen molar-refractivity contribution < 1.29 is 13.2 Å². The number of sulfonamides is 1. The van der Waals surface area contributed by atoms with Crippen molar-refractivity contribution in [3.63, 3.8) is 0 Å². The summed E-state index contributed by atoms with van der Waals surface area (Å²) in [6.45, 7) is 2.22. The lowest BCUT2D eigenvalue weighted by atomic mass is 10.3. The Hall–Kier alpha value is -1.61. The van der Waals surface area contributed by atoms with Gasteiger partial charge in [0.1, 0.15) is 6.04 Å². The molecule has 1 aromatic heterocycles. The maximum atomic E-state index is 12.4. The fourth-order valence-electron chi connectivity index (χ4n) is 1.70. The Morgan fingerprint density at radius 3 is 3.00 bits per heavy atom. The Morgan fingerprint density at radius 1 is 1.60 bits per heavy atom. The molecule has 2 rings (SSSR count). The average molecular weight is 316 g/mol. The van der Waals surface area contributed by atoms with E-state index in [0.717, 1.165) is 15.6 Å². The maximum Gasteiger partial charge on any atom is 0.273 e. The van der Waals surface area contributed by atoms with Crippen molar-refractivity contribution in [2.24, 2.45) is 0 Å². The van der Waals surface area contributed by atoms with Gasteiger partial charge in [0.25, 0.3) is 10.0 Å². The van der Waals surface area contributed by atoms with Gasteiger partial charge in [0, 0.05) is 26.6 Å². The predicted octanol–water partition coefficient (Wildman–Crippen LogP) is -1.02. The van der Waals surface area contributed by atoms with Crippen molar-refractivity contribution in [3.8, 4) is 6.07 Å². The number of nitriles is 1. The third-order valence-corrected chi connectivity index (χ3v) is 5.65. The van der Waals surface area contributed by atoms with Crippen molar-refractivity contribution in [1.82, 2.24) is 19.8 Å². The SMILES string of the molecule is CC(=O)Nc1nnc(S(=O)(=O)N2CCNCC2C#N)s1. The third-order valence-electron chi connectivity index (χ3n) is 2.56. The van der Waals surface area contributed by atoms with Crippen LogP contribution in [0, 0.1) is 11.3 Å². The van der Waals surface area contributed by atoms with Gasteiger partial charge < -0.3 is 10.6 Å². The minimum atomic E-state index is -3.87. The summed E-state index contributed by atoms with van der Waals surface area (Å²) >= 11 is 0.761. The fraction of sp³-hybridized carbons (Fsp3) is 0.556. The Morgan fingerprint density at radius 2 is 2.35 bits per heavy atom. The van der Waals surface area contributed by atoms with Gasteiger partial charge in [0.05, 0.1) is 6.07 Å². The molecule has 0 radical (unpaired) electrons. The van der Waals surface area contributed by atoms with E-state index in [1.54, 1.807) is 0 Å². The van der Waals surface area contributed by atoms with E-state index < -0.39 is 16.1 Å². The molecule has 2 N–H and O–H groups in total. The van der Waals surface area contributed by atoms with Crippen molar-refractivity contribution in [2.45, 2.75) is 17.3 Å². The molecule has 1 atom stereocenters. The second-order valence-electron chi connectivity index (χ2n) is 4.02. The molecule has 0 aromatic carbocycles. The zero-order valence-corrected chi connectivity index (χ0v) is 12.2. The van der Waals surface area contributed by atoms with E-state index >= 15 is 0 Å². The second kappa shape index (κ2) is 5.80. The standard InChI is InChI=1S/C9H12N6O3S2/c1-6(16)12-8-13-14-9(19-8)20(17,18)15-3-2-11-5-7(15)4-10/h7,11H,2-3,5H2,1H3,(H,12,13,16). The summed E-state index contributed by atoms with van der Waals surface area (Å²) in [4.78, 5) is 10.9. The van der Waals surface area contributed by atoms with Gasteiger partial charge in [-0.25, -0.2) is 8.42 Å². The molecule has 1 fully saturated rings. The number of carbonyl (C=O) groups excluding carboxylic acids is 1. The average Bonchev–Trinajstić information content (AvgIpc) is 2.87. The fourth-order valence-corrected chi connectivity index (χ4v) is 4.30. The van der Waals surface area contributed by atoms with Gasteiger partial charge in [-0.2, -0.15) is 9.57 Å². The van der Waals surface area contributed by atoms with Gasteiger partial charge in [-0.15, -0.1) is 10.2 Å². The highest BCUT2D eigenvalue weighted by molar-refractivity contribution is 7.91. The highest BCUT2D eigenvalue weighted by Gasteiger charge is 2.36. The molecule has 9 nitrogen and oxygen atoms in total. The van der Waals surface area contributed by atoms with E-state index in [-0.39, 0.29) is 28.5 Å². The number of piperazine rings is 1. The second-order valence-corrected chi connectivity index (χ2v) is 7.06. The van der Waals surface area contributed by atoms with Crippen LogP contribution >= 0.6 is 11.3 Å². The highest BCUT2D eigenvalue weighted by Crippen LogP contribution is 2.25. The number of nitrogens with zero attached hydrogens (tertiary/aromatic N) is 4. The molecule has 1 aromatic rings. The molecular formula is C9H12N6O3S2. The van der Waals surface area contributed by atoms with Crippen LogP contribution in [0.2, 0.25) is 0 Å². The van der Waals surface area contributed by atoms with Crippen LogP contribution in [-0.4, -0.2) is 54.5 Å². The maximum absolute atomic E-state index is 12.4. The number of hydrogen-bond acceptors (Lipinski definition) is 8. The van der Waals surface area contributed by atoms with E-state index in [1.165, 1.54) is 6.92 Å². The van der Waals surface area contributed by atoms with Crippen LogP contribution in [0.15, 0.2) is 4.34 Å². The minimum Gasteiger partial charge on any atom is -0.313 e. The summed E-state index contributed by atoms with van der Waals surface area (Å²) in [6, 6.07) is 1.16. The molecule has 1 aliphatic rings. The molecule has 1 amide bonds. The van der Waals surface area contributed by atoms with Gasteiger partial charge in [-0.3, -0.25) is 4.79 Å². The van der Waals surface area contributed by atoms with Crippen molar-refractivity contribution in [3.05, 3.63) is 0 Å². The normalized spacial score (nSPS) is 20.3. The summed E-state index contributed by atoms with van der Waals surface area (Å²) in [5.74, 6) is -0.359. The van der Waals surface area contributed by atoms with Crippen LogP contribution in [-0.2, 0) is 14.8 Å². The zero-order valence-electron chi connectivity index (χ0n) is 10.5. The van der Waals surface area contributed by atoms with Crippen LogP contribution in [0.3, 0.4) is 0 Å². The van der Waals surface area contributed by atoms with Gasteiger partial charge >= 0.3 is 0 Å². The van der Waals surface area contributed by atoms with E-state index in [4.69, 9.17) is 5.26 Å². The Bertz CT molecular complexity index is 649. The lowest BCUT2D eigenvalue weighted by molar-refractivity contribution is -0.114. The molecule has 1 aliphatic heterocycles. The van der Waals surface area contributed by atoms with Crippen LogP contribution in [0.5, 0.6) is 0 Å². The molecule has 0 aliphatic carbocycles. The van der Waals surface area contributed by atoms with Gasteiger partial charge in [-0.1, -0.05) is 11.3 Å². The summed E-state index contributed by atoms with van der Waals surface area (Å²) in [7, 11) is -3.87. The van der Waals surface area contributed by atoms with Gasteiger partial charge in [0.2, 0.25) is 15.4 Å². The number of hydrogen-bond donors (Lipinski definition) is 2. The van der Waals surface area contributed by atoms with Crippen molar-refractivity contribution in [2.75, 3.05) is 25.0 Å². The predicted molar refractivity (Wildman–Crippen MR) is 70.4 cm³/mol. The molecule has 1 saturated heterocycles. The summed E-state index contributed by atoms with van der Waals surface area (Å²) in [5, 5.41) is 21.6. The summed E-state index contributed by atoms with van der Waals surface area (Å²) < 4.78 is 25.7. The highest BCUT2D eigenvalue weighted by atomic mass is 32.2. The van der Waals surface area contributed by atoms with E-state index in [1.807, 2.05) is 6.07 Å². The van der Waals surface area contributed by atoms with Crippen LogP contribution in [0.1, 0.15) is 6.92 Å². The largest absolute Gasteiger partial charge is 0.313 e. The van der Waals surface area contributed by atoms with Crippen LogP contribution in [0.4, 0.5) is 5.13 Å². The molecule has 2 heterocycles. The third kappa shape index (κ3) is 2.93. The Kier molecular flexibility index (Phi) is 4.29. The van der Waals surface area contributed by atoms with E-state index in [2.05, 4.69) is 20.8 Å². The lowest BCUT2D eigenvalue weighted by Crippen LogP contribution is -2.52. The summed E-state index contributed by atoms with van der Waals surface area (Å²) in [5.41, 5.74) is 0. The number of amides is 1. The van der Waals surface area contributed by atoms with Gasteiger partial charge in [-0.05, 0) is 0 Å². The number of nitrogens with one attached hydrogen (secondary N) is 2. The molecule has 11 heteroatoms. The quantitative estimate of drug-likeness (QED) is 0.683. The van der Waals surface area contributed by atoms with Crippen molar-refractivity contribution in [1.29, 1.82) is 5.26 Å². The number of carbonyl (C=O) groups is 1. The molecule has 20 heavy (non-hydrogen) atoms. The molecule has 0 saturated carbocycles. The summed E-state index contributed by atoms with van der Waals surface area (Å²) in [6.07, 6.45) is 0. The smallest absolute Gasteiger partial charge is 0.273 e. The topological polar surface area (TPSA) is 128 Å². The van der Waals surface area contributed by atoms with E-state index in [9.17, 15) is 13.2 Å². The number of aromatic nitrogens is 2. The zero-order chi connectivity index (χ0) is 14.8. The van der Waals surface area contributed by atoms with Crippen LogP contribution < -0.4 is 10.6 Å². The Labute approximate surface area is 119 Å². The molecule has 0 spiro atoms. The van der Waals surface area contributed by atoms with Crippen molar-refractivity contribution >= 4 is 32.4 Å². The minimum absolute atomic E-state index is 0.111. The Balaban J connectivity index is 2.27. The molecule has 108 valence electrons. The number of anilines is 1. The molecular weight excluding hydrogens is 304 g/mol. The van der Waals surface area contributed by atoms with Gasteiger partial charge in [0.15, 0.2) is 0 Å². The first-order valence-corrected chi connectivity index (χ1v) is 7.94. The number of rotatable bonds is 3. The first-order chi connectivity index (χ1) is 9.45. The first-order valence-electron chi connectivity index (χ1n) is 5.68. The van der Waals surface area contributed by atoms with E-state index in [0.29, 0.717) is 6.54 Å². The monoisotopic (exact) mass is 316 g/mol. The first kappa shape index (κ1) is 14.8. The molecule has 0 bridgehead atoms.